The molecule has 0 radical (unpaired) electrons. The van der Waals surface area contributed by atoms with E-state index in [1.807, 2.05) is 0 Å². The molecule has 0 aliphatic carbocycles. The molecule has 0 unspecified atom stereocenters. The predicted molar refractivity (Wildman–Crippen MR) is 66.9 cm³/mol. The number of hydrogen-bond donors (Lipinski definition) is 1. The third-order valence-corrected chi connectivity index (χ3v) is 2.47. The van der Waals surface area contributed by atoms with Crippen molar-refractivity contribution in [2.75, 3.05) is 5.32 Å². The maximum atomic E-state index is 12.7. The Labute approximate surface area is 113 Å². The monoisotopic (exact) mass is 285 g/mol. The van der Waals surface area contributed by atoms with Crippen LogP contribution in [0.4, 0.5) is 23.2 Å². The molecule has 0 atom stereocenters. The van der Waals surface area contributed by atoms with Gasteiger partial charge in [-0.15, -0.1) is 13.2 Å². The Morgan fingerprint density at radius 3 is 2.35 bits per heavy atom. The van der Waals surface area contributed by atoms with E-state index in [0.29, 0.717) is 17.8 Å². The summed E-state index contributed by atoms with van der Waals surface area (Å²) in [6.07, 6.45) is -4.71. The molecular formula is C14H11F4NO. The van der Waals surface area contributed by atoms with Crippen LogP contribution in [-0.2, 0) is 6.54 Å². The SMILES string of the molecule is Fc1ccc(NCc2cccc(OC(F)(F)F)c2)cc1. The van der Waals surface area contributed by atoms with Crippen LogP contribution in [0, 0.1) is 5.82 Å². The lowest BCUT2D eigenvalue weighted by Crippen LogP contribution is -2.17. The molecule has 0 bridgehead atoms. The van der Waals surface area contributed by atoms with E-state index < -0.39 is 6.36 Å². The van der Waals surface area contributed by atoms with Crippen LogP contribution in [0.25, 0.3) is 0 Å². The normalized spacial score (nSPS) is 11.2. The summed E-state index contributed by atoms with van der Waals surface area (Å²) in [7, 11) is 0. The van der Waals surface area contributed by atoms with Crippen molar-refractivity contribution in [1.82, 2.24) is 0 Å². The highest BCUT2D eigenvalue weighted by atomic mass is 19.4. The number of benzene rings is 2. The maximum Gasteiger partial charge on any atom is 0.573 e. The smallest absolute Gasteiger partial charge is 0.406 e. The molecule has 0 spiro atoms. The Bertz CT molecular complexity index is 566. The van der Waals surface area contributed by atoms with Gasteiger partial charge in [-0.25, -0.2) is 4.39 Å². The van der Waals surface area contributed by atoms with Gasteiger partial charge in [0, 0.05) is 12.2 Å². The lowest BCUT2D eigenvalue weighted by atomic mass is 10.2. The van der Waals surface area contributed by atoms with E-state index in [1.165, 1.54) is 30.3 Å². The predicted octanol–water partition coefficient (Wildman–Crippen LogP) is 4.34. The van der Waals surface area contributed by atoms with E-state index in [2.05, 4.69) is 10.1 Å². The lowest BCUT2D eigenvalue weighted by molar-refractivity contribution is -0.274. The zero-order valence-electron chi connectivity index (χ0n) is 10.2. The van der Waals surface area contributed by atoms with Gasteiger partial charge in [0.05, 0.1) is 0 Å². The quantitative estimate of drug-likeness (QED) is 0.844. The lowest BCUT2D eigenvalue weighted by Gasteiger charge is -2.11. The van der Waals surface area contributed by atoms with Crippen LogP contribution in [0.1, 0.15) is 5.56 Å². The number of hydrogen-bond acceptors (Lipinski definition) is 2. The van der Waals surface area contributed by atoms with Gasteiger partial charge < -0.3 is 10.1 Å². The van der Waals surface area contributed by atoms with Crippen LogP contribution in [0.3, 0.4) is 0 Å². The Morgan fingerprint density at radius 2 is 1.70 bits per heavy atom. The number of rotatable bonds is 4. The first-order chi connectivity index (χ1) is 9.42. The molecule has 1 N–H and O–H groups in total. The minimum atomic E-state index is -4.71. The average molecular weight is 285 g/mol. The zero-order chi connectivity index (χ0) is 14.6. The third kappa shape index (κ3) is 4.46. The highest BCUT2D eigenvalue weighted by Gasteiger charge is 2.31. The summed E-state index contributed by atoms with van der Waals surface area (Å²) in [5, 5.41) is 2.97. The van der Waals surface area contributed by atoms with Crippen molar-refractivity contribution in [2.45, 2.75) is 12.9 Å². The Morgan fingerprint density at radius 1 is 1.00 bits per heavy atom. The first kappa shape index (κ1) is 14.2. The fourth-order valence-electron chi connectivity index (χ4n) is 1.62. The molecule has 2 rings (SSSR count). The van der Waals surface area contributed by atoms with Gasteiger partial charge in [0.25, 0.3) is 0 Å². The second-order valence-electron chi connectivity index (χ2n) is 4.06. The van der Waals surface area contributed by atoms with E-state index in [1.54, 1.807) is 18.2 Å². The molecule has 2 aromatic rings. The number of anilines is 1. The van der Waals surface area contributed by atoms with Gasteiger partial charge in [-0.2, -0.15) is 0 Å². The summed E-state index contributed by atoms with van der Waals surface area (Å²) in [6.45, 7) is 0.306. The second kappa shape index (κ2) is 5.81. The largest absolute Gasteiger partial charge is 0.573 e. The Hall–Kier alpha value is -2.24. The summed E-state index contributed by atoms with van der Waals surface area (Å²) in [5.41, 5.74) is 1.30. The summed E-state index contributed by atoms with van der Waals surface area (Å²) >= 11 is 0. The van der Waals surface area contributed by atoms with Crippen LogP contribution in [-0.4, -0.2) is 6.36 Å². The molecule has 2 nitrogen and oxygen atoms in total. The minimum Gasteiger partial charge on any atom is -0.406 e. The van der Waals surface area contributed by atoms with Crippen molar-refractivity contribution < 1.29 is 22.3 Å². The van der Waals surface area contributed by atoms with Crippen molar-refractivity contribution in [3.05, 3.63) is 59.9 Å². The van der Waals surface area contributed by atoms with Crippen LogP contribution in [0.5, 0.6) is 5.75 Å². The molecule has 0 saturated carbocycles. The van der Waals surface area contributed by atoms with Crippen LogP contribution < -0.4 is 10.1 Å². The molecule has 106 valence electrons. The van der Waals surface area contributed by atoms with Crippen LogP contribution >= 0.6 is 0 Å². The van der Waals surface area contributed by atoms with E-state index >= 15 is 0 Å². The molecule has 0 fully saturated rings. The minimum absolute atomic E-state index is 0.268. The van der Waals surface area contributed by atoms with E-state index in [4.69, 9.17) is 0 Å². The third-order valence-electron chi connectivity index (χ3n) is 2.47. The molecule has 2 aromatic carbocycles. The van der Waals surface area contributed by atoms with Gasteiger partial charge in [-0.3, -0.25) is 0 Å². The molecular weight excluding hydrogens is 274 g/mol. The first-order valence-electron chi connectivity index (χ1n) is 5.76. The fraction of sp³-hybridized carbons (Fsp3) is 0.143. The number of nitrogens with one attached hydrogen (secondary N) is 1. The van der Waals surface area contributed by atoms with Crippen molar-refractivity contribution in [3.63, 3.8) is 0 Å². The van der Waals surface area contributed by atoms with Crippen LogP contribution in [0.2, 0.25) is 0 Å². The van der Waals surface area contributed by atoms with Crippen molar-refractivity contribution >= 4 is 5.69 Å². The van der Waals surface area contributed by atoms with Crippen LogP contribution in [0.15, 0.2) is 48.5 Å². The first-order valence-corrected chi connectivity index (χ1v) is 5.76. The Kier molecular flexibility index (Phi) is 4.12. The van der Waals surface area contributed by atoms with Gasteiger partial charge in [-0.1, -0.05) is 12.1 Å². The van der Waals surface area contributed by atoms with Gasteiger partial charge in [0.2, 0.25) is 0 Å². The van der Waals surface area contributed by atoms with Gasteiger partial charge in [-0.05, 0) is 42.0 Å². The number of halogens is 4. The average Bonchev–Trinajstić information content (AvgIpc) is 2.36. The standard InChI is InChI=1S/C14H11F4NO/c15-11-4-6-12(7-5-11)19-9-10-2-1-3-13(8-10)20-14(16,17)18/h1-8,19H,9H2. The Balaban J connectivity index is 1.99. The van der Waals surface area contributed by atoms with Crippen molar-refractivity contribution in [1.29, 1.82) is 0 Å². The molecule has 0 aliphatic heterocycles. The van der Waals surface area contributed by atoms with Crippen molar-refractivity contribution in [2.24, 2.45) is 0 Å². The second-order valence-corrected chi connectivity index (χ2v) is 4.06. The van der Waals surface area contributed by atoms with Crippen molar-refractivity contribution in [3.8, 4) is 5.75 Å². The maximum absolute atomic E-state index is 12.7. The molecule has 20 heavy (non-hydrogen) atoms. The molecule has 0 saturated heterocycles. The molecule has 0 aromatic heterocycles. The van der Waals surface area contributed by atoms with Gasteiger partial charge in [0.15, 0.2) is 0 Å². The summed E-state index contributed by atoms with van der Waals surface area (Å²) in [5.74, 6) is -0.618. The molecule has 0 aliphatic rings. The zero-order valence-corrected chi connectivity index (χ0v) is 10.2. The fourth-order valence-corrected chi connectivity index (χ4v) is 1.62. The highest BCUT2D eigenvalue weighted by Crippen LogP contribution is 2.23. The molecule has 0 amide bonds. The van der Waals surface area contributed by atoms with E-state index in [9.17, 15) is 17.6 Å². The van der Waals surface area contributed by atoms with Gasteiger partial charge >= 0.3 is 6.36 Å². The molecule has 6 heteroatoms. The van der Waals surface area contributed by atoms with E-state index in [-0.39, 0.29) is 11.6 Å². The number of alkyl halides is 3. The summed E-state index contributed by atoms with van der Waals surface area (Å²) < 4.78 is 52.8. The highest BCUT2D eigenvalue weighted by molar-refractivity contribution is 5.44. The summed E-state index contributed by atoms with van der Waals surface area (Å²) in [4.78, 5) is 0. The summed E-state index contributed by atoms with van der Waals surface area (Å²) in [6, 6.07) is 11.4. The van der Waals surface area contributed by atoms with E-state index in [0.717, 1.165) is 0 Å². The molecule has 0 heterocycles. The topological polar surface area (TPSA) is 21.3 Å². The number of ether oxygens (including phenoxy) is 1. The van der Waals surface area contributed by atoms with Gasteiger partial charge in [0.1, 0.15) is 11.6 Å².